The fourth-order valence-electron chi connectivity index (χ4n) is 2.67. The van der Waals surface area contributed by atoms with Gasteiger partial charge in [0.2, 0.25) is 0 Å². The zero-order chi connectivity index (χ0) is 14.4. The molecule has 112 valence electrons. The summed E-state index contributed by atoms with van der Waals surface area (Å²) in [6, 6.07) is 4.60. The maximum atomic E-state index is 6.25. The predicted octanol–water partition coefficient (Wildman–Crippen LogP) is 3.99. The van der Waals surface area contributed by atoms with Crippen LogP contribution in [0.3, 0.4) is 0 Å². The number of nitrogens with one attached hydrogen (secondary N) is 1. The number of aryl methyl sites for hydroxylation is 1. The van der Waals surface area contributed by atoms with Crippen LogP contribution in [0.4, 0.5) is 0 Å². The maximum absolute atomic E-state index is 6.25. The molecule has 1 saturated carbocycles. The van der Waals surface area contributed by atoms with Crippen molar-refractivity contribution in [2.24, 2.45) is 0 Å². The summed E-state index contributed by atoms with van der Waals surface area (Å²) in [7, 11) is 0. The van der Waals surface area contributed by atoms with Crippen molar-refractivity contribution in [3.63, 3.8) is 0 Å². The van der Waals surface area contributed by atoms with E-state index in [1.54, 1.807) is 0 Å². The van der Waals surface area contributed by atoms with Crippen molar-refractivity contribution in [3.8, 4) is 5.75 Å². The van der Waals surface area contributed by atoms with Crippen LogP contribution in [-0.2, 0) is 6.54 Å². The molecule has 0 amide bonds. The second kappa shape index (κ2) is 7.63. The fraction of sp³-hybridized carbons (Fsp3) is 0.706. The van der Waals surface area contributed by atoms with Crippen molar-refractivity contribution in [2.45, 2.75) is 78.0 Å². The molecule has 2 rings (SSSR count). The number of pyridine rings is 1. The molecule has 1 N–H and O–H groups in total. The second-order valence-electron chi connectivity index (χ2n) is 6.16. The molecular weight excluding hydrogens is 248 g/mol. The molecular formula is C17H28N2O. The minimum atomic E-state index is 0.375. The standard InChI is InChI=1S/C17H28N2O/c1-13(2)18-12-16-17(11-10-14(3)19-16)20-15-8-6-4-5-7-9-15/h10-11,13,15,18H,4-9,12H2,1-3H3. The van der Waals surface area contributed by atoms with Crippen LogP contribution in [0.2, 0.25) is 0 Å². The average molecular weight is 276 g/mol. The van der Waals surface area contributed by atoms with Gasteiger partial charge in [-0.1, -0.05) is 26.7 Å². The van der Waals surface area contributed by atoms with Gasteiger partial charge in [-0.15, -0.1) is 0 Å². The topological polar surface area (TPSA) is 34.1 Å². The van der Waals surface area contributed by atoms with Crippen LogP contribution in [0.25, 0.3) is 0 Å². The molecule has 1 aliphatic rings. The van der Waals surface area contributed by atoms with Gasteiger partial charge in [-0.3, -0.25) is 4.98 Å². The molecule has 0 bridgehead atoms. The summed E-state index contributed by atoms with van der Waals surface area (Å²) in [6.07, 6.45) is 8.05. The number of nitrogens with zero attached hydrogens (tertiary/aromatic N) is 1. The summed E-state index contributed by atoms with van der Waals surface area (Å²) in [5.41, 5.74) is 2.10. The Morgan fingerprint density at radius 3 is 2.55 bits per heavy atom. The van der Waals surface area contributed by atoms with Gasteiger partial charge in [-0.2, -0.15) is 0 Å². The van der Waals surface area contributed by atoms with E-state index in [0.717, 1.165) is 23.7 Å². The largest absolute Gasteiger partial charge is 0.488 e. The Balaban J connectivity index is 2.04. The first-order valence-electron chi connectivity index (χ1n) is 8.01. The quantitative estimate of drug-likeness (QED) is 0.826. The zero-order valence-corrected chi connectivity index (χ0v) is 13.1. The van der Waals surface area contributed by atoms with E-state index in [-0.39, 0.29) is 0 Å². The molecule has 3 heteroatoms. The molecule has 0 aliphatic heterocycles. The molecule has 20 heavy (non-hydrogen) atoms. The third kappa shape index (κ3) is 4.78. The van der Waals surface area contributed by atoms with Gasteiger partial charge in [-0.25, -0.2) is 0 Å². The van der Waals surface area contributed by atoms with Gasteiger partial charge in [-0.05, 0) is 44.7 Å². The minimum absolute atomic E-state index is 0.375. The molecule has 3 nitrogen and oxygen atoms in total. The molecule has 0 unspecified atom stereocenters. The first-order valence-corrected chi connectivity index (χ1v) is 8.01. The van der Waals surface area contributed by atoms with Crippen molar-refractivity contribution in [2.75, 3.05) is 0 Å². The summed E-state index contributed by atoms with van der Waals surface area (Å²) in [4.78, 5) is 4.65. The van der Waals surface area contributed by atoms with Crippen LogP contribution in [-0.4, -0.2) is 17.1 Å². The van der Waals surface area contributed by atoms with Gasteiger partial charge in [0.05, 0.1) is 11.8 Å². The molecule has 1 aromatic rings. The highest BCUT2D eigenvalue weighted by Crippen LogP contribution is 2.25. The van der Waals surface area contributed by atoms with Crippen LogP contribution >= 0.6 is 0 Å². The highest BCUT2D eigenvalue weighted by atomic mass is 16.5. The minimum Gasteiger partial charge on any atom is -0.488 e. The summed E-state index contributed by atoms with van der Waals surface area (Å²) >= 11 is 0. The molecule has 0 spiro atoms. The second-order valence-corrected chi connectivity index (χ2v) is 6.16. The lowest BCUT2D eigenvalue weighted by Crippen LogP contribution is -2.24. The smallest absolute Gasteiger partial charge is 0.142 e. The van der Waals surface area contributed by atoms with Gasteiger partial charge in [0.25, 0.3) is 0 Å². The van der Waals surface area contributed by atoms with Crippen LogP contribution < -0.4 is 10.1 Å². The summed E-state index contributed by atoms with van der Waals surface area (Å²) < 4.78 is 6.25. The molecule has 1 fully saturated rings. The van der Waals surface area contributed by atoms with E-state index in [2.05, 4.69) is 30.2 Å². The van der Waals surface area contributed by atoms with Crippen LogP contribution in [0.1, 0.15) is 63.8 Å². The van der Waals surface area contributed by atoms with E-state index in [1.165, 1.54) is 38.5 Å². The number of rotatable bonds is 5. The van der Waals surface area contributed by atoms with Gasteiger partial charge >= 0.3 is 0 Å². The Labute approximate surface area is 123 Å². The van der Waals surface area contributed by atoms with E-state index in [0.29, 0.717) is 12.1 Å². The van der Waals surface area contributed by atoms with Crippen molar-refractivity contribution in [3.05, 3.63) is 23.5 Å². The van der Waals surface area contributed by atoms with Crippen LogP contribution in [0, 0.1) is 6.92 Å². The van der Waals surface area contributed by atoms with E-state index in [1.807, 2.05) is 13.0 Å². The van der Waals surface area contributed by atoms with Crippen molar-refractivity contribution in [1.82, 2.24) is 10.3 Å². The van der Waals surface area contributed by atoms with Gasteiger partial charge in [0.1, 0.15) is 5.75 Å². The molecule has 0 saturated heterocycles. The maximum Gasteiger partial charge on any atom is 0.142 e. The summed E-state index contributed by atoms with van der Waals surface area (Å²) in [5.74, 6) is 0.968. The van der Waals surface area contributed by atoms with Gasteiger partial charge in [0, 0.05) is 18.3 Å². The highest BCUT2D eigenvalue weighted by Gasteiger charge is 2.16. The third-order valence-electron chi connectivity index (χ3n) is 3.85. The number of aromatic nitrogens is 1. The van der Waals surface area contributed by atoms with Gasteiger partial charge in [0.15, 0.2) is 0 Å². The van der Waals surface area contributed by atoms with E-state index in [9.17, 15) is 0 Å². The lowest BCUT2D eigenvalue weighted by molar-refractivity contribution is 0.180. The molecule has 0 aromatic carbocycles. The van der Waals surface area contributed by atoms with E-state index >= 15 is 0 Å². The fourth-order valence-corrected chi connectivity index (χ4v) is 2.67. The average Bonchev–Trinajstić information content (AvgIpc) is 2.67. The van der Waals surface area contributed by atoms with Crippen LogP contribution in [0.5, 0.6) is 5.75 Å². The molecule has 0 atom stereocenters. The third-order valence-corrected chi connectivity index (χ3v) is 3.85. The first-order chi connectivity index (χ1) is 9.65. The lowest BCUT2D eigenvalue weighted by atomic mass is 10.1. The normalized spacial score (nSPS) is 17.2. The highest BCUT2D eigenvalue weighted by molar-refractivity contribution is 5.29. The Kier molecular flexibility index (Phi) is 5.84. The molecule has 0 radical (unpaired) electrons. The first kappa shape index (κ1) is 15.3. The zero-order valence-electron chi connectivity index (χ0n) is 13.1. The van der Waals surface area contributed by atoms with Crippen LogP contribution in [0.15, 0.2) is 12.1 Å². The van der Waals surface area contributed by atoms with E-state index in [4.69, 9.17) is 4.74 Å². The number of hydrogen-bond donors (Lipinski definition) is 1. The Morgan fingerprint density at radius 2 is 1.90 bits per heavy atom. The Morgan fingerprint density at radius 1 is 1.20 bits per heavy atom. The molecule has 1 aromatic heterocycles. The summed E-state index contributed by atoms with van der Waals surface area (Å²) in [5, 5.41) is 3.44. The Bertz CT molecular complexity index is 409. The van der Waals surface area contributed by atoms with Crippen molar-refractivity contribution < 1.29 is 4.74 Å². The number of hydrogen-bond acceptors (Lipinski definition) is 3. The van der Waals surface area contributed by atoms with Gasteiger partial charge < -0.3 is 10.1 Å². The van der Waals surface area contributed by atoms with E-state index < -0.39 is 0 Å². The lowest BCUT2D eigenvalue weighted by Gasteiger charge is -2.20. The molecule has 1 aliphatic carbocycles. The van der Waals surface area contributed by atoms with Crippen molar-refractivity contribution in [1.29, 1.82) is 0 Å². The molecule has 1 heterocycles. The SMILES string of the molecule is Cc1ccc(OC2CCCCCC2)c(CNC(C)C)n1. The number of ether oxygens (including phenoxy) is 1. The Hall–Kier alpha value is -1.09. The predicted molar refractivity (Wildman–Crippen MR) is 83.1 cm³/mol. The monoisotopic (exact) mass is 276 g/mol. The van der Waals surface area contributed by atoms with Crippen molar-refractivity contribution >= 4 is 0 Å². The summed E-state index contributed by atoms with van der Waals surface area (Å²) in [6.45, 7) is 7.12.